The lowest BCUT2D eigenvalue weighted by atomic mass is 9.85. The molecule has 0 spiro atoms. The number of hydrogen-bond donors (Lipinski definition) is 0. The van der Waals surface area contributed by atoms with Crippen LogP contribution in [0.5, 0.6) is 0 Å². The molecule has 0 amide bonds. The maximum Gasteiger partial charge on any atom is 0.286 e. The van der Waals surface area contributed by atoms with Crippen LogP contribution in [-0.2, 0) is 16.5 Å². The highest BCUT2D eigenvalue weighted by Crippen LogP contribution is 2.59. The second-order valence-electron chi connectivity index (χ2n) is 6.30. The van der Waals surface area contributed by atoms with Crippen molar-refractivity contribution < 1.29 is 4.57 Å². The Kier molecular flexibility index (Phi) is 4.14. The fourth-order valence-corrected chi connectivity index (χ4v) is 5.92. The number of fused-ring (bicyclic) bond motifs is 1. The standard InChI is InChI=1S/C15H26N3OP/c1-15(2)14-10-8-7-9-13(14)11-12-18(15)20(19,16(3)4)17(5)6/h7-10H,11-12H2,1-6H3. The first-order valence-electron chi connectivity index (χ1n) is 7.04. The summed E-state index contributed by atoms with van der Waals surface area (Å²) in [6, 6.07) is 8.50. The molecule has 1 aliphatic rings. The number of hydrogen-bond acceptors (Lipinski definition) is 1. The Bertz CT molecular complexity index is 528. The van der Waals surface area contributed by atoms with Gasteiger partial charge in [-0.3, -0.25) is 4.57 Å². The van der Waals surface area contributed by atoms with Crippen molar-refractivity contribution in [2.45, 2.75) is 25.8 Å². The SMILES string of the molecule is CN(C)P(=O)(N(C)C)N1CCc2ccccc2C1(C)C. The highest BCUT2D eigenvalue weighted by atomic mass is 31.2. The lowest BCUT2D eigenvalue weighted by Gasteiger charge is -2.50. The van der Waals surface area contributed by atoms with E-state index in [1.165, 1.54) is 11.1 Å². The van der Waals surface area contributed by atoms with Gasteiger partial charge in [0.15, 0.2) is 0 Å². The molecular weight excluding hydrogens is 269 g/mol. The molecule has 0 fully saturated rings. The summed E-state index contributed by atoms with van der Waals surface area (Å²) in [4.78, 5) is 0. The number of rotatable bonds is 3. The van der Waals surface area contributed by atoms with E-state index < -0.39 is 7.59 Å². The van der Waals surface area contributed by atoms with Crippen molar-refractivity contribution in [3.63, 3.8) is 0 Å². The van der Waals surface area contributed by atoms with Gasteiger partial charge in [-0.25, -0.2) is 14.0 Å². The van der Waals surface area contributed by atoms with Gasteiger partial charge in [0.25, 0.3) is 7.59 Å². The van der Waals surface area contributed by atoms with E-state index >= 15 is 0 Å². The van der Waals surface area contributed by atoms with E-state index in [-0.39, 0.29) is 5.54 Å². The molecule has 0 radical (unpaired) electrons. The zero-order valence-electron chi connectivity index (χ0n) is 13.4. The van der Waals surface area contributed by atoms with Crippen LogP contribution in [0, 0.1) is 0 Å². The van der Waals surface area contributed by atoms with Gasteiger partial charge in [0.1, 0.15) is 0 Å². The normalized spacial score (nSPS) is 19.4. The molecule has 0 saturated heterocycles. The summed E-state index contributed by atoms with van der Waals surface area (Å²) in [6.07, 6.45) is 0.950. The van der Waals surface area contributed by atoms with Gasteiger partial charge in [-0.05, 0) is 59.6 Å². The van der Waals surface area contributed by atoms with Crippen LogP contribution in [-0.4, -0.2) is 48.7 Å². The summed E-state index contributed by atoms with van der Waals surface area (Å²) in [7, 11) is 4.88. The Balaban J connectivity index is 2.53. The van der Waals surface area contributed by atoms with Crippen LogP contribution in [0.1, 0.15) is 25.0 Å². The number of nitrogens with zero attached hydrogens (tertiary/aromatic N) is 3. The van der Waals surface area contributed by atoms with Crippen molar-refractivity contribution in [1.29, 1.82) is 0 Å². The molecule has 2 rings (SSSR count). The van der Waals surface area contributed by atoms with Gasteiger partial charge >= 0.3 is 0 Å². The van der Waals surface area contributed by atoms with E-state index in [9.17, 15) is 4.57 Å². The molecule has 0 aromatic heterocycles. The van der Waals surface area contributed by atoms with Gasteiger partial charge in [0.05, 0.1) is 0 Å². The quantitative estimate of drug-likeness (QED) is 0.801. The van der Waals surface area contributed by atoms with E-state index in [2.05, 4.69) is 42.8 Å². The monoisotopic (exact) mass is 295 g/mol. The molecule has 20 heavy (non-hydrogen) atoms. The van der Waals surface area contributed by atoms with E-state index in [0.29, 0.717) is 0 Å². The van der Waals surface area contributed by atoms with Gasteiger partial charge in [0, 0.05) is 12.1 Å². The molecule has 0 aliphatic carbocycles. The van der Waals surface area contributed by atoms with Crippen molar-refractivity contribution in [2.24, 2.45) is 0 Å². The Morgan fingerprint density at radius 3 is 2.20 bits per heavy atom. The highest BCUT2D eigenvalue weighted by molar-refractivity contribution is 7.56. The molecular formula is C15H26N3OP. The van der Waals surface area contributed by atoms with Crippen LogP contribution in [0.4, 0.5) is 0 Å². The van der Waals surface area contributed by atoms with Crippen LogP contribution in [0.3, 0.4) is 0 Å². The summed E-state index contributed by atoms with van der Waals surface area (Å²) in [5.41, 5.74) is 2.42. The van der Waals surface area contributed by atoms with Gasteiger partial charge < -0.3 is 0 Å². The summed E-state index contributed by atoms with van der Waals surface area (Å²) < 4.78 is 19.5. The molecule has 1 aliphatic heterocycles. The first kappa shape index (κ1) is 15.7. The van der Waals surface area contributed by atoms with Crippen LogP contribution < -0.4 is 0 Å². The van der Waals surface area contributed by atoms with E-state index in [1.54, 1.807) is 0 Å². The minimum Gasteiger partial charge on any atom is -0.270 e. The van der Waals surface area contributed by atoms with Crippen LogP contribution >= 0.6 is 7.59 Å². The number of benzene rings is 1. The van der Waals surface area contributed by atoms with Gasteiger partial charge in [-0.1, -0.05) is 24.3 Å². The second-order valence-corrected chi connectivity index (χ2v) is 9.41. The topological polar surface area (TPSA) is 26.8 Å². The van der Waals surface area contributed by atoms with Crippen molar-refractivity contribution in [3.05, 3.63) is 35.4 Å². The Morgan fingerprint density at radius 2 is 1.65 bits per heavy atom. The zero-order valence-corrected chi connectivity index (χ0v) is 14.3. The molecule has 1 heterocycles. The van der Waals surface area contributed by atoms with Gasteiger partial charge in [-0.15, -0.1) is 0 Å². The smallest absolute Gasteiger partial charge is 0.270 e. The molecule has 0 bridgehead atoms. The molecule has 0 N–H and O–H groups in total. The van der Waals surface area contributed by atoms with E-state index in [1.807, 2.05) is 37.5 Å². The Labute approximate surface area is 122 Å². The third kappa shape index (κ3) is 2.25. The van der Waals surface area contributed by atoms with E-state index in [0.717, 1.165) is 13.0 Å². The average Bonchev–Trinajstić information content (AvgIpc) is 2.37. The first-order valence-corrected chi connectivity index (χ1v) is 8.61. The van der Waals surface area contributed by atoms with Gasteiger partial charge in [-0.2, -0.15) is 0 Å². The molecule has 1 aromatic carbocycles. The summed E-state index contributed by atoms with van der Waals surface area (Å²) in [6.45, 7) is 5.16. The summed E-state index contributed by atoms with van der Waals surface area (Å²) in [5.74, 6) is 0. The Hall–Kier alpha value is -0.670. The van der Waals surface area contributed by atoms with Crippen LogP contribution in [0.25, 0.3) is 0 Å². The third-order valence-electron chi connectivity index (χ3n) is 4.27. The summed E-state index contributed by atoms with van der Waals surface area (Å²) in [5, 5.41) is 0. The first-order chi connectivity index (χ1) is 9.22. The Morgan fingerprint density at radius 1 is 1.10 bits per heavy atom. The largest absolute Gasteiger partial charge is 0.286 e. The van der Waals surface area contributed by atoms with Gasteiger partial charge in [0.2, 0.25) is 0 Å². The van der Waals surface area contributed by atoms with Crippen molar-refractivity contribution in [3.8, 4) is 0 Å². The lowest BCUT2D eigenvalue weighted by molar-refractivity contribution is 0.183. The zero-order chi connectivity index (χ0) is 15.1. The third-order valence-corrected chi connectivity index (χ3v) is 7.68. The molecule has 0 unspecified atom stereocenters. The molecule has 4 nitrogen and oxygen atoms in total. The highest BCUT2D eigenvalue weighted by Gasteiger charge is 2.47. The molecule has 112 valence electrons. The average molecular weight is 295 g/mol. The van der Waals surface area contributed by atoms with Crippen molar-refractivity contribution in [1.82, 2.24) is 14.0 Å². The predicted molar refractivity (Wildman–Crippen MR) is 84.9 cm³/mol. The minimum absolute atomic E-state index is 0.237. The molecule has 1 aromatic rings. The fraction of sp³-hybridized carbons (Fsp3) is 0.600. The van der Waals surface area contributed by atoms with Crippen molar-refractivity contribution >= 4 is 7.59 Å². The molecule has 0 atom stereocenters. The molecule has 0 saturated carbocycles. The van der Waals surface area contributed by atoms with Crippen LogP contribution in [0.15, 0.2) is 24.3 Å². The maximum atomic E-state index is 13.6. The molecule has 5 heteroatoms. The summed E-state index contributed by atoms with van der Waals surface area (Å²) >= 11 is 0. The van der Waals surface area contributed by atoms with E-state index in [4.69, 9.17) is 0 Å². The second kappa shape index (κ2) is 5.27. The fourth-order valence-electron chi connectivity index (χ4n) is 3.23. The van der Waals surface area contributed by atoms with Crippen LogP contribution in [0.2, 0.25) is 0 Å². The minimum atomic E-state index is -2.72. The lowest BCUT2D eigenvalue weighted by Crippen LogP contribution is -2.49. The predicted octanol–water partition coefficient (Wildman–Crippen LogP) is 3.01. The maximum absolute atomic E-state index is 13.6. The van der Waals surface area contributed by atoms with Crippen molar-refractivity contribution in [2.75, 3.05) is 34.7 Å².